The zero-order valence-electron chi connectivity index (χ0n) is 21.0. The van der Waals surface area contributed by atoms with Crippen LogP contribution in [0.15, 0.2) is 59.6 Å². The van der Waals surface area contributed by atoms with Crippen molar-refractivity contribution in [1.29, 1.82) is 0 Å². The van der Waals surface area contributed by atoms with E-state index in [1.807, 2.05) is 29.2 Å². The van der Waals surface area contributed by atoms with Gasteiger partial charge in [-0.25, -0.2) is 8.78 Å². The molecule has 2 heterocycles. The number of carbonyl (C=O) groups is 2. The number of aliphatic imine (C=N–C) groups is 1. The molecule has 1 atom stereocenters. The Labute approximate surface area is 214 Å². The van der Waals surface area contributed by atoms with E-state index in [4.69, 9.17) is 0 Å². The van der Waals surface area contributed by atoms with Gasteiger partial charge in [-0.1, -0.05) is 24.3 Å². The lowest BCUT2D eigenvalue weighted by Crippen LogP contribution is -2.43. The standard InChI is InChI=1S/C30H29F2N3O2/c1-30(2)29(37)35(17-18-11-12-34(16-18)28(36)19-3-4-19)27(33-30)25-10-8-23(15-26(25)32)20-5-6-22-14-24(31)9-7-21(22)13-20/h5-10,13-15,18-19H,3-4,11-12,16-17H2,1-2H3/t18-/m1/s1. The van der Waals surface area contributed by atoms with E-state index < -0.39 is 11.4 Å². The van der Waals surface area contributed by atoms with Crippen molar-refractivity contribution in [3.63, 3.8) is 0 Å². The van der Waals surface area contributed by atoms with Crippen LogP contribution in [0.5, 0.6) is 0 Å². The summed E-state index contributed by atoms with van der Waals surface area (Å²) in [5, 5.41) is 1.65. The number of carbonyl (C=O) groups excluding carboxylic acids is 2. The normalized spacial score (nSPS) is 21.1. The molecule has 0 aromatic heterocycles. The van der Waals surface area contributed by atoms with Crippen LogP contribution < -0.4 is 0 Å². The van der Waals surface area contributed by atoms with Crippen LogP contribution >= 0.6 is 0 Å². The summed E-state index contributed by atoms with van der Waals surface area (Å²) in [5.41, 5.74) is 0.816. The van der Waals surface area contributed by atoms with Gasteiger partial charge in [0, 0.05) is 25.6 Å². The molecule has 2 amide bonds. The van der Waals surface area contributed by atoms with Crippen molar-refractivity contribution in [1.82, 2.24) is 9.80 Å². The molecule has 7 heteroatoms. The zero-order valence-corrected chi connectivity index (χ0v) is 21.0. The van der Waals surface area contributed by atoms with Gasteiger partial charge in [0.05, 0.1) is 5.56 Å². The topological polar surface area (TPSA) is 53.0 Å². The van der Waals surface area contributed by atoms with Crippen LogP contribution in [0, 0.1) is 23.5 Å². The van der Waals surface area contributed by atoms with Crippen molar-refractivity contribution in [2.45, 2.75) is 38.6 Å². The van der Waals surface area contributed by atoms with Gasteiger partial charge in [0.15, 0.2) is 0 Å². The molecule has 3 aromatic carbocycles. The first-order valence-corrected chi connectivity index (χ1v) is 12.9. The molecule has 3 aliphatic rings. The Balaban J connectivity index is 1.26. The van der Waals surface area contributed by atoms with Gasteiger partial charge in [-0.05, 0) is 91.3 Å². The Morgan fingerprint density at radius 3 is 2.43 bits per heavy atom. The Morgan fingerprint density at radius 2 is 1.68 bits per heavy atom. The van der Waals surface area contributed by atoms with Gasteiger partial charge in [0.1, 0.15) is 23.0 Å². The van der Waals surface area contributed by atoms with E-state index in [0.717, 1.165) is 35.6 Å². The molecule has 2 aliphatic heterocycles. The molecular weight excluding hydrogens is 472 g/mol. The average Bonchev–Trinajstić information content (AvgIpc) is 3.58. The fourth-order valence-electron chi connectivity index (χ4n) is 5.48. The van der Waals surface area contributed by atoms with E-state index in [0.29, 0.717) is 31.0 Å². The molecule has 1 saturated heterocycles. The summed E-state index contributed by atoms with van der Waals surface area (Å²) < 4.78 is 29.1. The van der Waals surface area contributed by atoms with E-state index in [-0.39, 0.29) is 35.0 Å². The zero-order chi connectivity index (χ0) is 25.9. The maximum Gasteiger partial charge on any atom is 0.255 e. The minimum atomic E-state index is -0.976. The molecule has 0 spiro atoms. The minimum Gasteiger partial charge on any atom is -0.342 e. The van der Waals surface area contributed by atoms with Gasteiger partial charge < -0.3 is 4.90 Å². The molecule has 1 aliphatic carbocycles. The second-order valence-corrected chi connectivity index (χ2v) is 11.0. The van der Waals surface area contributed by atoms with Crippen LogP contribution in [0.3, 0.4) is 0 Å². The molecule has 0 radical (unpaired) electrons. The number of rotatable bonds is 5. The van der Waals surface area contributed by atoms with E-state index in [2.05, 4.69) is 4.99 Å². The molecular formula is C30H29F2N3O2. The average molecular weight is 502 g/mol. The lowest BCUT2D eigenvalue weighted by Gasteiger charge is -2.25. The highest BCUT2D eigenvalue weighted by molar-refractivity contribution is 6.15. The third-order valence-electron chi connectivity index (χ3n) is 7.72. The van der Waals surface area contributed by atoms with Crippen LogP contribution in [0.1, 0.15) is 38.7 Å². The maximum absolute atomic E-state index is 15.6. The van der Waals surface area contributed by atoms with Crippen molar-refractivity contribution in [3.8, 4) is 11.1 Å². The number of halogens is 2. The van der Waals surface area contributed by atoms with Gasteiger partial charge in [-0.3, -0.25) is 19.5 Å². The number of amidine groups is 1. The number of benzene rings is 3. The van der Waals surface area contributed by atoms with E-state index in [9.17, 15) is 14.0 Å². The Hall–Kier alpha value is -3.61. The number of hydrogen-bond donors (Lipinski definition) is 0. The van der Waals surface area contributed by atoms with Crippen molar-refractivity contribution in [2.75, 3.05) is 19.6 Å². The van der Waals surface area contributed by atoms with Crippen LogP contribution in [-0.4, -0.2) is 52.6 Å². The number of amides is 2. The monoisotopic (exact) mass is 501 g/mol. The SMILES string of the molecule is CC1(C)N=C(c2ccc(-c3ccc4cc(F)ccc4c3)cc2F)N(C[C@@H]2CCN(C(=O)C3CC3)C2)C1=O. The van der Waals surface area contributed by atoms with Crippen molar-refractivity contribution < 1.29 is 18.4 Å². The number of fused-ring (bicyclic) bond motifs is 1. The molecule has 5 nitrogen and oxygen atoms in total. The molecule has 190 valence electrons. The first kappa shape index (κ1) is 23.8. The summed E-state index contributed by atoms with van der Waals surface area (Å²) >= 11 is 0. The number of nitrogens with zero attached hydrogens (tertiary/aromatic N) is 3. The molecule has 0 N–H and O–H groups in total. The molecule has 0 unspecified atom stereocenters. The first-order chi connectivity index (χ1) is 17.7. The predicted molar refractivity (Wildman–Crippen MR) is 139 cm³/mol. The summed E-state index contributed by atoms with van der Waals surface area (Å²) in [6.07, 6.45) is 2.77. The van der Waals surface area contributed by atoms with Crippen molar-refractivity contribution in [3.05, 3.63) is 71.8 Å². The quantitative estimate of drug-likeness (QED) is 0.469. The van der Waals surface area contributed by atoms with Crippen LogP contribution in [0.25, 0.3) is 21.9 Å². The van der Waals surface area contributed by atoms with Gasteiger partial charge in [-0.2, -0.15) is 0 Å². The van der Waals surface area contributed by atoms with E-state index in [1.54, 1.807) is 30.9 Å². The van der Waals surface area contributed by atoms with Crippen LogP contribution in [0.2, 0.25) is 0 Å². The highest BCUT2D eigenvalue weighted by atomic mass is 19.1. The summed E-state index contributed by atoms with van der Waals surface area (Å²) in [6, 6.07) is 15.1. The third-order valence-corrected chi connectivity index (χ3v) is 7.72. The number of likely N-dealkylation sites (tertiary alicyclic amines) is 1. The number of hydrogen-bond acceptors (Lipinski definition) is 3. The lowest BCUT2D eigenvalue weighted by atomic mass is 9.99. The summed E-state index contributed by atoms with van der Waals surface area (Å²) in [7, 11) is 0. The second-order valence-electron chi connectivity index (χ2n) is 11.0. The third kappa shape index (κ3) is 4.41. The second kappa shape index (κ2) is 8.75. The molecule has 1 saturated carbocycles. The first-order valence-electron chi connectivity index (χ1n) is 12.9. The van der Waals surface area contributed by atoms with Gasteiger partial charge >= 0.3 is 0 Å². The van der Waals surface area contributed by atoms with Crippen LogP contribution in [-0.2, 0) is 9.59 Å². The van der Waals surface area contributed by atoms with Gasteiger partial charge in [0.25, 0.3) is 5.91 Å². The molecule has 37 heavy (non-hydrogen) atoms. The highest BCUT2D eigenvalue weighted by Gasteiger charge is 2.44. The van der Waals surface area contributed by atoms with E-state index in [1.165, 1.54) is 18.2 Å². The minimum absolute atomic E-state index is 0.135. The Kier molecular flexibility index (Phi) is 5.62. The summed E-state index contributed by atoms with van der Waals surface area (Å²) in [6.45, 7) is 5.24. The summed E-state index contributed by atoms with van der Waals surface area (Å²) in [4.78, 5) is 33.9. The Bertz CT molecular complexity index is 1460. The lowest BCUT2D eigenvalue weighted by molar-refractivity contribution is -0.131. The fraction of sp³-hybridized carbons (Fsp3) is 0.367. The van der Waals surface area contributed by atoms with Crippen molar-refractivity contribution in [2.24, 2.45) is 16.8 Å². The molecule has 6 rings (SSSR count). The van der Waals surface area contributed by atoms with Crippen molar-refractivity contribution >= 4 is 28.4 Å². The maximum atomic E-state index is 15.6. The molecule has 0 bridgehead atoms. The summed E-state index contributed by atoms with van der Waals surface area (Å²) in [5.74, 6) is -0.0162. The van der Waals surface area contributed by atoms with Crippen LogP contribution in [0.4, 0.5) is 8.78 Å². The van der Waals surface area contributed by atoms with E-state index >= 15 is 4.39 Å². The highest BCUT2D eigenvalue weighted by Crippen LogP contribution is 2.34. The largest absolute Gasteiger partial charge is 0.342 e. The molecule has 2 fully saturated rings. The smallest absolute Gasteiger partial charge is 0.255 e. The fourth-order valence-corrected chi connectivity index (χ4v) is 5.48. The van der Waals surface area contributed by atoms with Gasteiger partial charge in [0.2, 0.25) is 5.91 Å². The Morgan fingerprint density at radius 1 is 0.973 bits per heavy atom. The predicted octanol–water partition coefficient (Wildman–Crippen LogP) is 5.41. The van der Waals surface area contributed by atoms with Gasteiger partial charge in [-0.15, -0.1) is 0 Å². The molecule has 3 aromatic rings.